The summed E-state index contributed by atoms with van der Waals surface area (Å²) in [5.41, 5.74) is 1.68. The van der Waals surface area contributed by atoms with Crippen molar-refractivity contribution in [1.82, 2.24) is 20.9 Å². The minimum absolute atomic E-state index is 0.0486. The Morgan fingerprint density at radius 2 is 2.00 bits per heavy atom. The van der Waals surface area contributed by atoms with Crippen LogP contribution >= 0.6 is 11.3 Å². The zero-order valence-corrected chi connectivity index (χ0v) is 18.7. The maximum Gasteiger partial charge on any atom is 0.251 e. The Kier molecular flexibility index (Phi) is 9.67. The smallest absolute Gasteiger partial charge is 0.251 e. The fourth-order valence-corrected chi connectivity index (χ4v) is 3.53. The number of benzene rings is 1. The molecule has 158 valence electrons. The molecule has 0 aliphatic rings. The molecule has 0 aliphatic carbocycles. The fourth-order valence-electron chi connectivity index (χ4n) is 2.74. The van der Waals surface area contributed by atoms with Crippen molar-refractivity contribution in [2.45, 2.75) is 26.3 Å². The summed E-state index contributed by atoms with van der Waals surface area (Å²) < 4.78 is 0. The number of aliphatic imine (C=N–C) groups is 1. The third-order valence-corrected chi connectivity index (χ3v) is 5.51. The molecule has 7 heteroatoms. The van der Waals surface area contributed by atoms with Crippen molar-refractivity contribution in [3.8, 4) is 0 Å². The Hall–Kier alpha value is -2.38. The van der Waals surface area contributed by atoms with Crippen LogP contribution < -0.4 is 16.0 Å². The number of nitrogens with one attached hydrogen (secondary N) is 3. The molecule has 0 bridgehead atoms. The third kappa shape index (κ3) is 8.25. The van der Waals surface area contributed by atoms with Gasteiger partial charge >= 0.3 is 0 Å². The summed E-state index contributed by atoms with van der Waals surface area (Å²) in [5.74, 6) is 1.16. The van der Waals surface area contributed by atoms with Gasteiger partial charge in [0.1, 0.15) is 0 Å². The summed E-state index contributed by atoms with van der Waals surface area (Å²) >= 11 is 1.78. The lowest BCUT2D eigenvalue weighted by Crippen LogP contribution is -2.39. The first-order valence-corrected chi connectivity index (χ1v) is 10.9. The molecule has 0 aliphatic heterocycles. The number of hydrogen-bond donors (Lipinski definition) is 3. The van der Waals surface area contributed by atoms with E-state index in [4.69, 9.17) is 0 Å². The number of carbonyl (C=O) groups is 1. The van der Waals surface area contributed by atoms with E-state index in [1.54, 1.807) is 11.3 Å². The van der Waals surface area contributed by atoms with Crippen LogP contribution in [0.3, 0.4) is 0 Å². The summed E-state index contributed by atoms with van der Waals surface area (Å²) in [4.78, 5) is 20.4. The third-order valence-electron chi connectivity index (χ3n) is 4.40. The second-order valence-electron chi connectivity index (χ2n) is 7.25. The van der Waals surface area contributed by atoms with Crippen LogP contribution in [0.15, 0.2) is 46.8 Å². The predicted molar refractivity (Wildman–Crippen MR) is 123 cm³/mol. The molecule has 29 heavy (non-hydrogen) atoms. The molecule has 1 aromatic carbocycles. The lowest BCUT2D eigenvalue weighted by molar-refractivity contribution is 0.0951. The molecule has 0 spiro atoms. The molecular weight excluding hydrogens is 382 g/mol. The zero-order valence-electron chi connectivity index (χ0n) is 17.9. The zero-order chi connectivity index (χ0) is 21.1. The van der Waals surface area contributed by atoms with Crippen LogP contribution in [0, 0.1) is 0 Å². The number of guanidine groups is 1. The largest absolute Gasteiger partial charge is 0.357 e. The van der Waals surface area contributed by atoms with Gasteiger partial charge in [-0.05, 0) is 50.2 Å². The Morgan fingerprint density at radius 3 is 2.69 bits per heavy atom. The number of rotatable bonds is 10. The average Bonchev–Trinajstić information content (AvgIpc) is 3.24. The van der Waals surface area contributed by atoms with Crippen molar-refractivity contribution in [3.05, 3.63) is 57.8 Å². The van der Waals surface area contributed by atoms with E-state index < -0.39 is 0 Å². The van der Waals surface area contributed by atoms with Gasteiger partial charge < -0.3 is 20.9 Å². The van der Waals surface area contributed by atoms with Crippen molar-refractivity contribution >= 4 is 23.2 Å². The quantitative estimate of drug-likeness (QED) is 0.412. The van der Waals surface area contributed by atoms with Gasteiger partial charge in [0.2, 0.25) is 0 Å². The number of carbonyl (C=O) groups excluding carboxylic acids is 1. The Bertz CT molecular complexity index is 773. The predicted octanol–water partition coefficient (Wildman–Crippen LogP) is 2.90. The van der Waals surface area contributed by atoms with Crippen molar-refractivity contribution < 1.29 is 4.79 Å². The van der Waals surface area contributed by atoms with Gasteiger partial charge in [0.25, 0.3) is 5.91 Å². The fraction of sp³-hybridized carbons (Fsp3) is 0.455. The van der Waals surface area contributed by atoms with Gasteiger partial charge in [-0.25, -0.2) is 4.99 Å². The maximum absolute atomic E-state index is 12.3. The lowest BCUT2D eigenvalue weighted by atomic mass is 10.1. The van der Waals surface area contributed by atoms with Gasteiger partial charge in [-0.15, -0.1) is 11.3 Å². The van der Waals surface area contributed by atoms with Gasteiger partial charge in [0, 0.05) is 42.5 Å². The number of amides is 1. The summed E-state index contributed by atoms with van der Waals surface area (Å²) in [6.45, 7) is 7.84. The highest BCUT2D eigenvalue weighted by Gasteiger charge is 2.08. The second-order valence-corrected chi connectivity index (χ2v) is 8.23. The van der Waals surface area contributed by atoms with E-state index in [1.165, 1.54) is 4.88 Å². The molecule has 0 saturated carbocycles. The summed E-state index contributed by atoms with van der Waals surface area (Å²) in [5, 5.41) is 11.8. The lowest BCUT2D eigenvalue weighted by Gasteiger charge is -2.15. The van der Waals surface area contributed by atoms with Crippen LogP contribution in [0.2, 0.25) is 0 Å². The average molecular weight is 416 g/mol. The van der Waals surface area contributed by atoms with Gasteiger partial charge in [-0.3, -0.25) is 4.79 Å². The molecular formula is C22H33N5OS. The highest BCUT2D eigenvalue weighted by Crippen LogP contribution is 2.19. The van der Waals surface area contributed by atoms with Crippen molar-refractivity contribution in [2.75, 3.05) is 40.3 Å². The Morgan fingerprint density at radius 1 is 1.17 bits per heavy atom. The molecule has 0 saturated heterocycles. The highest BCUT2D eigenvalue weighted by atomic mass is 32.1. The molecule has 1 heterocycles. The number of nitrogens with zero attached hydrogens (tertiary/aromatic N) is 2. The van der Waals surface area contributed by atoms with Gasteiger partial charge in [-0.1, -0.05) is 25.1 Å². The van der Waals surface area contributed by atoms with Gasteiger partial charge in [0.05, 0.1) is 6.54 Å². The van der Waals surface area contributed by atoms with Crippen molar-refractivity contribution in [2.24, 2.45) is 4.99 Å². The summed E-state index contributed by atoms with van der Waals surface area (Å²) in [6, 6.07) is 11.9. The number of likely N-dealkylation sites (N-methyl/N-ethyl adjacent to an activating group) is 1. The van der Waals surface area contributed by atoms with Crippen LogP contribution in [-0.2, 0) is 6.54 Å². The molecule has 0 radical (unpaired) electrons. The first kappa shape index (κ1) is 22.9. The SMILES string of the molecule is CCNC(=NCc1cccc(C(=O)NCCN(C)C)c1)NCC(C)c1cccs1. The Labute approximate surface area is 178 Å². The highest BCUT2D eigenvalue weighted by molar-refractivity contribution is 7.10. The number of hydrogen-bond acceptors (Lipinski definition) is 4. The van der Waals surface area contributed by atoms with E-state index in [9.17, 15) is 4.79 Å². The van der Waals surface area contributed by atoms with E-state index in [0.717, 1.165) is 31.2 Å². The molecule has 3 N–H and O–H groups in total. The van der Waals surface area contributed by atoms with E-state index in [-0.39, 0.29) is 5.91 Å². The maximum atomic E-state index is 12.3. The Balaban J connectivity index is 1.93. The number of thiophene rings is 1. The first-order chi connectivity index (χ1) is 14.0. The summed E-state index contributed by atoms with van der Waals surface area (Å²) in [6.07, 6.45) is 0. The van der Waals surface area contributed by atoms with Crippen molar-refractivity contribution in [3.63, 3.8) is 0 Å². The van der Waals surface area contributed by atoms with E-state index in [1.807, 2.05) is 43.3 Å². The summed E-state index contributed by atoms with van der Waals surface area (Å²) in [7, 11) is 3.98. The topological polar surface area (TPSA) is 68.8 Å². The van der Waals surface area contributed by atoms with E-state index >= 15 is 0 Å². The molecule has 1 unspecified atom stereocenters. The van der Waals surface area contributed by atoms with Crippen molar-refractivity contribution in [1.29, 1.82) is 0 Å². The first-order valence-electron chi connectivity index (χ1n) is 10.1. The van der Waals surface area contributed by atoms with Gasteiger partial charge in [-0.2, -0.15) is 0 Å². The standard InChI is InChI=1S/C22H33N5OS/c1-5-23-22(25-15-17(2)20-10-7-13-29-20)26-16-18-8-6-9-19(14-18)21(28)24-11-12-27(3)4/h6-10,13-14,17H,5,11-12,15-16H2,1-4H3,(H,24,28)(H2,23,25,26). The minimum Gasteiger partial charge on any atom is -0.357 e. The van der Waals surface area contributed by atoms with Crippen LogP contribution in [0.1, 0.15) is 40.6 Å². The molecule has 0 fully saturated rings. The molecule has 1 aromatic heterocycles. The molecule has 1 atom stereocenters. The molecule has 2 aromatic rings. The van der Waals surface area contributed by atoms with E-state index in [0.29, 0.717) is 24.6 Å². The van der Waals surface area contributed by atoms with Crippen LogP contribution in [0.25, 0.3) is 0 Å². The molecule has 6 nitrogen and oxygen atoms in total. The van der Waals surface area contributed by atoms with Crippen LogP contribution in [-0.4, -0.2) is 57.0 Å². The molecule has 2 rings (SSSR count). The monoisotopic (exact) mass is 415 g/mol. The normalized spacial score (nSPS) is 12.7. The van der Waals surface area contributed by atoms with Crippen LogP contribution in [0.4, 0.5) is 0 Å². The van der Waals surface area contributed by atoms with E-state index in [2.05, 4.69) is 52.3 Å². The second kappa shape index (κ2) is 12.2. The van der Waals surface area contributed by atoms with Crippen LogP contribution in [0.5, 0.6) is 0 Å². The minimum atomic E-state index is -0.0486. The van der Waals surface area contributed by atoms with Gasteiger partial charge in [0.15, 0.2) is 5.96 Å². The molecule has 1 amide bonds.